The second-order valence-electron chi connectivity index (χ2n) is 4.66. The highest BCUT2D eigenvalue weighted by atomic mass is 32.2. The average molecular weight is 250 g/mol. The predicted octanol–water partition coefficient (Wildman–Crippen LogP) is 1.42. The number of hydrogen-bond donors (Lipinski definition) is 1. The Morgan fingerprint density at radius 1 is 1.25 bits per heavy atom. The molecule has 0 radical (unpaired) electrons. The smallest absolute Gasteiger partial charge is 0.215 e. The molecule has 0 aromatic heterocycles. The Morgan fingerprint density at radius 2 is 1.81 bits per heavy atom. The summed E-state index contributed by atoms with van der Waals surface area (Å²) in [5, 5.41) is 0. The zero-order valence-corrected chi connectivity index (χ0v) is 11.8. The maximum Gasteiger partial charge on any atom is 0.215 e. The van der Waals surface area contributed by atoms with Gasteiger partial charge in [-0.05, 0) is 18.8 Å². The second-order valence-corrected chi connectivity index (χ2v) is 6.67. The summed E-state index contributed by atoms with van der Waals surface area (Å²) in [5.74, 6) is 0.505. The molecule has 4 nitrogen and oxygen atoms in total. The number of rotatable bonds is 8. The van der Waals surface area contributed by atoms with Crippen LogP contribution in [0.1, 0.15) is 40.5 Å². The molecule has 0 spiro atoms. The van der Waals surface area contributed by atoms with Crippen LogP contribution in [0.2, 0.25) is 0 Å². The van der Waals surface area contributed by atoms with Crippen molar-refractivity contribution in [2.24, 2.45) is 11.7 Å². The van der Waals surface area contributed by atoms with Gasteiger partial charge in [0.15, 0.2) is 0 Å². The summed E-state index contributed by atoms with van der Waals surface area (Å²) in [6, 6.07) is -0.254. The summed E-state index contributed by atoms with van der Waals surface area (Å²) >= 11 is 0. The first kappa shape index (κ1) is 15.9. The molecule has 0 aromatic rings. The van der Waals surface area contributed by atoms with Gasteiger partial charge < -0.3 is 5.73 Å². The van der Waals surface area contributed by atoms with E-state index in [1.165, 1.54) is 4.31 Å². The Hall–Kier alpha value is -0.130. The fourth-order valence-corrected chi connectivity index (χ4v) is 3.53. The summed E-state index contributed by atoms with van der Waals surface area (Å²) in [7, 11) is -3.17. The second kappa shape index (κ2) is 7.25. The van der Waals surface area contributed by atoms with E-state index in [9.17, 15) is 8.42 Å². The van der Waals surface area contributed by atoms with Crippen LogP contribution in [-0.2, 0) is 10.0 Å². The van der Waals surface area contributed by atoms with E-state index in [1.807, 2.05) is 13.8 Å². The lowest BCUT2D eigenvalue weighted by atomic mass is 10.1. The van der Waals surface area contributed by atoms with Crippen LogP contribution in [0.15, 0.2) is 0 Å². The van der Waals surface area contributed by atoms with Crippen LogP contribution in [-0.4, -0.2) is 37.6 Å². The van der Waals surface area contributed by atoms with Gasteiger partial charge in [0.1, 0.15) is 0 Å². The van der Waals surface area contributed by atoms with E-state index in [-0.39, 0.29) is 11.8 Å². The molecule has 0 aliphatic rings. The van der Waals surface area contributed by atoms with Gasteiger partial charge >= 0.3 is 0 Å². The lowest BCUT2D eigenvalue weighted by molar-refractivity contribution is 0.419. The van der Waals surface area contributed by atoms with Crippen LogP contribution in [0, 0.1) is 5.92 Å². The van der Waals surface area contributed by atoms with E-state index >= 15 is 0 Å². The molecule has 0 rings (SSSR count). The molecular weight excluding hydrogens is 224 g/mol. The highest BCUT2D eigenvalue weighted by Gasteiger charge is 2.23. The maximum absolute atomic E-state index is 12.0. The molecule has 1 unspecified atom stereocenters. The Morgan fingerprint density at radius 3 is 2.19 bits per heavy atom. The molecule has 1 atom stereocenters. The molecule has 0 fully saturated rings. The lowest BCUT2D eigenvalue weighted by Crippen LogP contribution is -2.40. The van der Waals surface area contributed by atoms with E-state index in [4.69, 9.17) is 5.73 Å². The normalized spacial score (nSPS) is 14.7. The van der Waals surface area contributed by atoms with Crippen molar-refractivity contribution in [3.05, 3.63) is 0 Å². The first-order valence-electron chi connectivity index (χ1n) is 6.06. The third-order valence-electron chi connectivity index (χ3n) is 2.42. The minimum absolute atomic E-state index is 0.0685. The Balaban J connectivity index is 4.42. The van der Waals surface area contributed by atoms with Crippen molar-refractivity contribution < 1.29 is 8.42 Å². The molecule has 0 aromatic carbocycles. The number of nitrogens with two attached hydrogens (primary N) is 1. The molecule has 0 saturated heterocycles. The van der Waals surface area contributed by atoms with Gasteiger partial charge in [-0.1, -0.05) is 27.7 Å². The van der Waals surface area contributed by atoms with Gasteiger partial charge in [-0.2, -0.15) is 0 Å². The molecule has 0 bridgehead atoms. The quantitative estimate of drug-likeness (QED) is 0.708. The summed E-state index contributed by atoms with van der Waals surface area (Å²) in [4.78, 5) is 0. The van der Waals surface area contributed by atoms with Gasteiger partial charge in [0.25, 0.3) is 0 Å². The van der Waals surface area contributed by atoms with Gasteiger partial charge in [0.05, 0.1) is 5.75 Å². The molecule has 0 heterocycles. The van der Waals surface area contributed by atoms with E-state index in [0.717, 1.165) is 12.8 Å². The van der Waals surface area contributed by atoms with Gasteiger partial charge in [-0.3, -0.25) is 0 Å². The molecule has 0 amide bonds. The fraction of sp³-hybridized carbons (Fsp3) is 1.00. The largest absolute Gasteiger partial charge is 0.327 e. The molecule has 16 heavy (non-hydrogen) atoms. The molecule has 98 valence electrons. The molecular formula is C11H26N2O2S. The van der Waals surface area contributed by atoms with E-state index in [0.29, 0.717) is 19.0 Å². The molecule has 5 heteroatoms. The average Bonchev–Trinajstić information content (AvgIpc) is 2.11. The lowest BCUT2D eigenvalue weighted by Gasteiger charge is -2.22. The monoisotopic (exact) mass is 250 g/mol. The Kier molecular flexibility index (Phi) is 7.19. The van der Waals surface area contributed by atoms with Crippen molar-refractivity contribution in [2.45, 2.75) is 46.6 Å². The van der Waals surface area contributed by atoms with Crippen LogP contribution in [0.5, 0.6) is 0 Å². The first-order valence-corrected chi connectivity index (χ1v) is 7.67. The van der Waals surface area contributed by atoms with E-state index < -0.39 is 10.0 Å². The molecule has 2 N–H and O–H groups in total. The van der Waals surface area contributed by atoms with Crippen molar-refractivity contribution in [3.63, 3.8) is 0 Å². The van der Waals surface area contributed by atoms with Crippen molar-refractivity contribution >= 4 is 10.0 Å². The zero-order valence-electron chi connectivity index (χ0n) is 10.9. The van der Waals surface area contributed by atoms with Gasteiger partial charge in [-0.15, -0.1) is 0 Å². The van der Waals surface area contributed by atoms with Crippen molar-refractivity contribution in [2.75, 3.05) is 18.8 Å². The minimum atomic E-state index is -3.17. The molecule has 0 aliphatic heterocycles. The Bertz CT molecular complexity index is 276. The molecule has 0 saturated carbocycles. The number of nitrogens with zero attached hydrogens (tertiary/aromatic N) is 1. The standard InChI is InChI=1S/C11H26N2O2S/c1-5-7-13(6-2)16(14,15)9-11(12)8-10(3)4/h10-11H,5-9,12H2,1-4H3. The van der Waals surface area contributed by atoms with Crippen molar-refractivity contribution in [1.82, 2.24) is 4.31 Å². The summed E-state index contributed by atoms with van der Waals surface area (Å²) in [6.07, 6.45) is 1.59. The van der Waals surface area contributed by atoms with Crippen LogP contribution in [0.3, 0.4) is 0 Å². The highest BCUT2D eigenvalue weighted by molar-refractivity contribution is 7.89. The molecule has 0 aliphatic carbocycles. The highest BCUT2D eigenvalue weighted by Crippen LogP contribution is 2.09. The van der Waals surface area contributed by atoms with Crippen LogP contribution in [0.25, 0.3) is 0 Å². The number of hydrogen-bond acceptors (Lipinski definition) is 3. The number of sulfonamides is 1. The predicted molar refractivity (Wildman–Crippen MR) is 68.8 cm³/mol. The summed E-state index contributed by atoms with van der Waals surface area (Å²) < 4.78 is 25.5. The van der Waals surface area contributed by atoms with Crippen LogP contribution < -0.4 is 5.73 Å². The third kappa shape index (κ3) is 5.82. The van der Waals surface area contributed by atoms with Crippen molar-refractivity contribution in [1.29, 1.82) is 0 Å². The zero-order chi connectivity index (χ0) is 12.8. The Labute approximate surface area is 100 Å². The fourth-order valence-electron chi connectivity index (χ4n) is 1.79. The van der Waals surface area contributed by atoms with Gasteiger partial charge in [0, 0.05) is 19.1 Å². The minimum Gasteiger partial charge on any atom is -0.327 e. The maximum atomic E-state index is 12.0. The summed E-state index contributed by atoms with van der Waals surface area (Å²) in [5.41, 5.74) is 5.84. The van der Waals surface area contributed by atoms with Crippen LogP contribution in [0.4, 0.5) is 0 Å². The summed E-state index contributed by atoms with van der Waals surface area (Å²) in [6.45, 7) is 9.07. The van der Waals surface area contributed by atoms with Gasteiger partial charge in [0.2, 0.25) is 10.0 Å². The SMILES string of the molecule is CCCN(CC)S(=O)(=O)CC(N)CC(C)C. The third-order valence-corrected chi connectivity index (χ3v) is 4.49. The van der Waals surface area contributed by atoms with E-state index in [1.54, 1.807) is 0 Å². The topological polar surface area (TPSA) is 63.4 Å². The van der Waals surface area contributed by atoms with Gasteiger partial charge in [-0.25, -0.2) is 12.7 Å². The first-order chi connectivity index (χ1) is 7.33. The van der Waals surface area contributed by atoms with E-state index in [2.05, 4.69) is 13.8 Å². The van der Waals surface area contributed by atoms with Crippen LogP contribution >= 0.6 is 0 Å². The van der Waals surface area contributed by atoms with Crippen molar-refractivity contribution in [3.8, 4) is 0 Å².